The molecule has 0 bridgehead atoms. The first-order valence-electron chi connectivity index (χ1n) is 8.54. The third kappa shape index (κ3) is 10.3. The van der Waals surface area contributed by atoms with Crippen LogP contribution in [0.2, 0.25) is 0 Å². The third-order valence-electron chi connectivity index (χ3n) is 3.67. The zero-order valence-corrected chi connectivity index (χ0v) is 17.1. The van der Waals surface area contributed by atoms with Gasteiger partial charge in [0.05, 0.1) is 0 Å². The molecule has 1 atom stereocenters. The van der Waals surface area contributed by atoms with E-state index in [0.717, 1.165) is 36.7 Å². The van der Waals surface area contributed by atoms with Crippen LogP contribution in [0.3, 0.4) is 0 Å². The molecule has 1 aliphatic rings. The van der Waals surface area contributed by atoms with Crippen molar-refractivity contribution in [3.63, 3.8) is 0 Å². The summed E-state index contributed by atoms with van der Waals surface area (Å²) >= 11 is 3.83. The Morgan fingerprint density at radius 1 is 1.27 bits per heavy atom. The molecule has 2 rings (SSSR count). The van der Waals surface area contributed by atoms with Gasteiger partial charge >= 0.3 is 11.9 Å². The summed E-state index contributed by atoms with van der Waals surface area (Å²) in [5, 5.41) is 18.3. The smallest absolute Gasteiger partial charge is 0.320 e. The van der Waals surface area contributed by atoms with Crippen LogP contribution < -0.4 is 0 Å². The molecule has 0 aromatic carbocycles. The van der Waals surface area contributed by atoms with Gasteiger partial charge in [0, 0.05) is 18.4 Å². The van der Waals surface area contributed by atoms with E-state index in [1.807, 2.05) is 18.2 Å². The fourth-order valence-electron chi connectivity index (χ4n) is 2.40. The lowest BCUT2D eigenvalue weighted by atomic mass is 10.2. The molecule has 6 nitrogen and oxygen atoms in total. The fourth-order valence-corrected chi connectivity index (χ4v) is 4.52. The summed E-state index contributed by atoms with van der Waals surface area (Å²) in [5.41, 5.74) is 0. The first kappa shape index (κ1) is 23.1. The molecule has 1 saturated heterocycles. The number of carboxylic acid groups (broad SMARTS) is 2. The molecule has 0 spiro atoms. The minimum atomic E-state index is -0.742. The van der Waals surface area contributed by atoms with E-state index in [0.29, 0.717) is 18.6 Å². The van der Waals surface area contributed by atoms with E-state index in [-0.39, 0.29) is 12.5 Å². The van der Waals surface area contributed by atoms with Crippen LogP contribution in [0, 0.1) is 0 Å². The first-order chi connectivity index (χ1) is 12.5. The Morgan fingerprint density at radius 3 is 2.50 bits per heavy atom. The number of aromatic nitrogens is 1. The predicted molar refractivity (Wildman–Crippen MR) is 110 cm³/mol. The lowest BCUT2D eigenvalue weighted by molar-refractivity contribution is -0.143. The highest BCUT2D eigenvalue weighted by Crippen LogP contribution is 2.30. The SMILES string of the molecule is O=C(O)C(CCSSc1ccccn1)N1CCCC1.O=C(O)CCCS. The molecule has 0 aliphatic carbocycles. The average molecular weight is 419 g/mol. The predicted octanol–water partition coefficient (Wildman–Crippen LogP) is 3.54. The number of rotatable bonds is 10. The van der Waals surface area contributed by atoms with Crippen LogP contribution in [0.5, 0.6) is 0 Å². The van der Waals surface area contributed by atoms with Crippen LogP contribution in [0.15, 0.2) is 29.4 Å². The fraction of sp³-hybridized carbons (Fsp3) is 0.588. The summed E-state index contributed by atoms with van der Waals surface area (Å²) < 4.78 is 0. The minimum Gasteiger partial charge on any atom is -0.481 e. The molecule has 1 aromatic heterocycles. The van der Waals surface area contributed by atoms with Gasteiger partial charge in [0.1, 0.15) is 11.1 Å². The Hall–Kier alpha value is -0.900. The quantitative estimate of drug-likeness (QED) is 0.302. The van der Waals surface area contributed by atoms with Gasteiger partial charge in [-0.05, 0) is 67.5 Å². The Balaban J connectivity index is 0.000000412. The Morgan fingerprint density at radius 2 is 2.00 bits per heavy atom. The minimum absolute atomic E-state index is 0.240. The highest BCUT2D eigenvalue weighted by molar-refractivity contribution is 8.76. The highest BCUT2D eigenvalue weighted by Gasteiger charge is 2.27. The second kappa shape index (κ2) is 14.2. The standard InChI is InChI=1S/C13H18N2O2S2.C4H8O2S/c16-13(17)11(15-8-3-4-9-15)6-10-18-19-12-5-1-2-7-14-12;5-4(6)2-1-3-7/h1-2,5,7,11H,3-4,6,8-10H2,(H,16,17);7H,1-3H2,(H,5,6). The van der Waals surface area contributed by atoms with Gasteiger partial charge in [0.2, 0.25) is 0 Å². The van der Waals surface area contributed by atoms with Crippen LogP contribution >= 0.6 is 34.2 Å². The van der Waals surface area contributed by atoms with Crippen molar-refractivity contribution >= 4 is 46.2 Å². The molecule has 0 radical (unpaired) electrons. The number of hydrogen-bond donors (Lipinski definition) is 3. The molecule has 0 saturated carbocycles. The van der Waals surface area contributed by atoms with Gasteiger partial charge in [-0.3, -0.25) is 14.5 Å². The molecule has 1 unspecified atom stereocenters. The molecule has 2 N–H and O–H groups in total. The van der Waals surface area contributed by atoms with Crippen LogP contribution in [-0.4, -0.2) is 62.7 Å². The van der Waals surface area contributed by atoms with Crippen molar-refractivity contribution in [3.8, 4) is 0 Å². The molecule has 26 heavy (non-hydrogen) atoms. The number of aliphatic carboxylic acids is 2. The molecule has 1 aromatic rings. The number of pyridine rings is 1. The van der Waals surface area contributed by atoms with Crippen molar-refractivity contribution in [2.24, 2.45) is 0 Å². The molecule has 1 fully saturated rings. The molecule has 9 heteroatoms. The van der Waals surface area contributed by atoms with Gasteiger partial charge in [-0.25, -0.2) is 4.98 Å². The van der Waals surface area contributed by atoms with Crippen molar-refractivity contribution in [1.29, 1.82) is 0 Å². The Bertz CT molecular complexity index is 528. The number of thiol groups is 1. The molecule has 0 amide bonds. The molecular weight excluding hydrogens is 392 g/mol. The number of carboxylic acids is 2. The Labute approximate surface area is 168 Å². The normalized spacial score (nSPS) is 15.1. The van der Waals surface area contributed by atoms with Crippen molar-refractivity contribution in [2.45, 2.75) is 43.2 Å². The summed E-state index contributed by atoms with van der Waals surface area (Å²) in [4.78, 5) is 27.3. The largest absolute Gasteiger partial charge is 0.481 e. The van der Waals surface area contributed by atoms with Gasteiger partial charge in [-0.1, -0.05) is 16.9 Å². The Kier molecular flexibility index (Phi) is 12.6. The van der Waals surface area contributed by atoms with Crippen molar-refractivity contribution < 1.29 is 19.8 Å². The summed E-state index contributed by atoms with van der Waals surface area (Å²) in [7, 11) is 3.29. The maximum atomic E-state index is 11.3. The first-order valence-corrected chi connectivity index (χ1v) is 11.5. The summed E-state index contributed by atoms with van der Waals surface area (Å²) in [6, 6.07) is 5.49. The van der Waals surface area contributed by atoms with Crippen LogP contribution in [0.4, 0.5) is 0 Å². The van der Waals surface area contributed by atoms with Gasteiger partial charge in [0.15, 0.2) is 0 Å². The summed E-state index contributed by atoms with van der Waals surface area (Å²) in [6.45, 7) is 1.85. The van der Waals surface area contributed by atoms with E-state index in [1.54, 1.807) is 27.8 Å². The number of hydrogen-bond acceptors (Lipinski definition) is 7. The van der Waals surface area contributed by atoms with E-state index in [2.05, 4.69) is 22.5 Å². The number of carbonyl (C=O) groups is 2. The van der Waals surface area contributed by atoms with Crippen LogP contribution in [0.1, 0.15) is 32.1 Å². The molecule has 1 aliphatic heterocycles. The van der Waals surface area contributed by atoms with E-state index in [9.17, 15) is 14.7 Å². The maximum Gasteiger partial charge on any atom is 0.320 e. The van der Waals surface area contributed by atoms with Gasteiger partial charge in [-0.15, -0.1) is 0 Å². The highest BCUT2D eigenvalue weighted by atomic mass is 33.1. The average Bonchev–Trinajstić information content (AvgIpc) is 3.15. The zero-order valence-electron chi connectivity index (χ0n) is 14.6. The second-order valence-electron chi connectivity index (χ2n) is 5.68. The van der Waals surface area contributed by atoms with E-state index < -0.39 is 11.9 Å². The third-order valence-corrected chi connectivity index (χ3v) is 6.29. The molecule has 146 valence electrons. The van der Waals surface area contributed by atoms with Crippen molar-refractivity contribution in [1.82, 2.24) is 9.88 Å². The number of likely N-dealkylation sites (tertiary alicyclic amines) is 1. The molecular formula is C17H26N2O4S3. The monoisotopic (exact) mass is 418 g/mol. The zero-order chi connectivity index (χ0) is 19.2. The summed E-state index contributed by atoms with van der Waals surface area (Å²) in [5.74, 6) is 0.0560. The van der Waals surface area contributed by atoms with Gasteiger partial charge in [0.25, 0.3) is 0 Å². The van der Waals surface area contributed by atoms with Gasteiger partial charge < -0.3 is 10.2 Å². The second-order valence-corrected chi connectivity index (χ2v) is 8.56. The van der Waals surface area contributed by atoms with Crippen LogP contribution in [0.25, 0.3) is 0 Å². The van der Waals surface area contributed by atoms with E-state index >= 15 is 0 Å². The van der Waals surface area contributed by atoms with E-state index in [1.165, 1.54) is 0 Å². The summed E-state index contributed by atoms with van der Waals surface area (Å²) in [6.07, 6.45) is 5.62. The lowest BCUT2D eigenvalue weighted by Crippen LogP contribution is -2.39. The lowest BCUT2D eigenvalue weighted by Gasteiger charge is -2.23. The van der Waals surface area contributed by atoms with Crippen molar-refractivity contribution in [3.05, 3.63) is 24.4 Å². The van der Waals surface area contributed by atoms with Gasteiger partial charge in [-0.2, -0.15) is 12.6 Å². The molecule has 2 heterocycles. The van der Waals surface area contributed by atoms with Crippen LogP contribution in [-0.2, 0) is 9.59 Å². The van der Waals surface area contributed by atoms with Crippen molar-refractivity contribution in [2.75, 3.05) is 24.6 Å². The topological polar surface area (TPSA) is 90.7 Å². The van der Waals surface area contributed by atoms with E-state index in [4.69, 9.17) is 5.11 Å². The number of nitrogens with zero attached hydrogens (tertiary/aromatic N) is 2. The maximum absolute atomic E-state index is 11.3.